The van der Waals surface area contributed by atoms with E-state index in [1.807, 2.05) is 18.2 Å². The second kappa shape index (κ2) is 12.2. The molecular weight excluding hydrogens is 431 g/mol. The summed E-state index contributed by atoms with van der Waals surface area (Å²) in [5, 5.41) is 3.22. The van der Waals surface area contributed by atoms with Crippen LogP contribution in [0.25, 0.3) is 0 Å². The van der Waals surface area contributed by atoms with Gasteiger partial charge in [-0.2, -0.15) is 0 Å². The lowest BCUT2D eigenvalue weighted by molar-refractivity contribution is 0.254. The highest BCUT2D eigenvalue weighted by atomic mass is 127. The lowest BCUT2D eigenvalue weighted by atomic mass is 10.0. The number of methoxy groups -OCH3 is 2. The van der Waals surface area contributed by atoms with Gasteiger partial charge in [0, 0.05) is 12.6 Å². The summed E-state index contributed by atoms with van der Waals surface area (Å²) in [6, 6.07) is 6.17. The Hall–Kier alpha value is -1.22. The Bertz CT molecular complexity index is 536. The van der Waals surface area contributed by atoms with Crippen molar-refractivity contribution in [1.82, 2.24) is 10.2 Å². The second-order valence-electron chi connectivity index (χ2n) is 6.52. The molecule has 0 aliphatic rings. The number of nitrogens with zero attached hydrogens (tertiary/aromatic N) is 2. The van der Waals surface area contributed by atoms with Crippen molar-refractivity contribution in [2.75, 3.05) is 34.9 Å². The quantitative estimate of drug-likeness (QED) is 0.334. The molecule has 1 unspecified atom stereocenters. The highest BCUT2D eigenvalue weighted by Gasteiger charge is 2.13. The van der Waals surface area contributed by atoms with Gasteiger partial charge in [-0.3, -0.25) is 0 Å². The molecule has 3 N–H and O–H groups in total. The fourth-order valence-corrected chi connectivity index (χ4v) is 2.45. The average molecular weight is 464 g/mol. The highest BCUT2D eigenvalue weighted by molar-refractivity contribution is 14.0. The maximum Gasteiger partial charge on any atom is 0.188 e. The van der Waals surface area contributed by atoms with E-state index < -0.39 is 0 Å². The van der Waals surface area contributed by atoms with E-state index in [1.165, 1.54) is 0 Å². The van der Waals surface area contributed by atoms with Crippen molar-refractivity contribution < 1.29 is 9.47 Å². The number of nitrogens with one attached hydrogen (secondary N) is 1. The summed E-state index contributed by atoms with van der Waals surface area (Å²) in [4.78, 5) is 6.62. The van der Waals surface area contributed by atoms with Gasteiger partial charge in [-0.05, 0) is 44.1 Å². The maximum absolute atomic E-state index is 5.99. The third-order valence-corrected chi connectivity index (χ3v) is 3.87. The van der Waals surface area contributed by atoms with E-state index in [4.69, 9.17) is 15.2 Å². The zero-order valence-electron chi connectivity index (χ0n) is 16.2. The summed E-state index contributed by atoms with van der Waals surface area (Å²) in [6.07, 6.45) is 1.11. The Labute approximate surface area is 169 Å². The Balaban J connectivity index is 0.00000576. The molecule has 0 radical (unpaired) electrons. The van der Waals surface area contributed by atoms with Crippen LogP contribution < -0.4 is 20.5 Å². The summed E-state index contributed by atoms with van der Waals surface area (Å²) in [6.45, 7) is 5.73. The number of rotatable bonds is 9. The van der Waals surface area contributed by atoms with Crippen LogP contribution in [0, 0.1) is 5.92 Å². The zero-order valence-corrected chi connectivity index (χ0v) is 18.5. The van der Waals surface area contributed by atoms with E-state index in [9.17, 15) is 0 Å². The fraction of sp³-hybridized carbons (Fsp3) is 0.611. The molecule has 0 saturated heterocycles. The third kappa shape index (κ3) is 8.62. The Kier molecular flexibility index (Phi) is 11.6. The topological polar surface area (TPSA) is 72.1 Å². The minimum absolute atomic E-state index is 0. The molecule has 0 aromatic heterocycles. The van der Waals surface area contributed by atoms with Crippen LogP contribution in [-0.4, -0.2) is 51.8 Å². The molecular formula is C18H33IN4O2. The number of aliphatic imine (C=N–C) groups is 1. The number of hydrogen-bond donors (Lipinski definition) is 2. The molecule has 0 saturated carbocycles. The predicted octanol–water partition coefficient (Wildman–Crippen LogP) is 2.70. The van der Waals surface area contributed by atoms with Gasteiger partial charge in [-0.1, -0.05) is 19.9 Å². The molecule has 1 aromatic rings. The Morgan fingerprint density at radius 2 is 1.84 bits per heavy atom. The largest absolute Gasteiger partial charge is 0.493 e. The normalized spacial score (nSPS) is 12.7. The summed E-state index contributed by atoms with van der Waals surface area (Å²) in [5.74, 6) is 2.50. The van der Waals surface area contributed by atoms with Gasteiger partial charge in [-0.25, -0.2) is 4.99 Å². The molecule has 25 heavy (non-hydrogen) atoms. The molecule has 0 fully saturated rings. The molecule has 1 rings (SSSR count). The van der Waals surface area contributed by atoms with Crippen molar-refractivity contribution in [2.24, 2.45) is 16.6 Å². The number of benzene rings is 1. The van der Waals surface area contributed by atoms with Crippen molar-refractivity contribution >= 4 is 29.9 Å². The van der Waals surface area contributed by atoms with Crippen molar-refractivity contribution in [3.63, 3.8) is 0 Å². The number of likely N-dealkylation sites (N-methyl/N-ethyl adjacent to an activating group) is 1. The van der Waals surface area contributed by atoms with Gasteiger partial charge in [0.1, 0.15) is 0 Å². The second-order valence-corrected chi connectivity index (χ2v) is 6.52. The van der Waals surface area contributed by atoms with Crippen molar-refractivity contribution in [2.45, 2.75) is 32.9 Å². The number of halogens is 1. The smallest absolute Gasteiger partial charge is 0.188 e. The molecule has 1 atom stereocenters. The van der Waals surface area contributed by atoms with Crippen LogP contribution in [0.1, 0.15) is 25.8 Å². The first-order valence-electron chi connectivity index (χ1n) is 8.28. The molecule has 0 spiro atoms. The minimum Gasteiger partial charge on any atom is -0.493 e. The summed E-state index contributed by atoms with van der Waals surface area (Å²) >= 11 is 0. The highest BCUT2D eigenvalue weighted by Crippen LogP contribution is 2.27. The molecule has 6 nitrogen and oxygen atoms in total. The van der Waals surface area contributed by atoms with E-state index in [1.54, 1.807) is 14.2 Å². The Morgan fingerprint density at radius 1 is 1.20 bits per heavy atom. The zero-order chi connectivity index (χ0) is 18.1. The third-order valence-electron chi connectivity index (χ3n) is 3.87. The van der Waals surface area contributed by atoms with Crippen LogP contribution in [-0.2, 0) is 6.54 Å². The van der Waals surface area contributed by atoms with Gasteiger partial charge in [0.15, 0.2) is 17.5 Å². The first-order valence-corrected chi connectivity index (χ1v) is 8.28. The van der Waals surface area contributed by atoms with Gasteiger partial charge in [0.25, 0.3) is 0 Å². The number of hydrogen-bond acceptors (Lipinski definition) is 4. The van der Waals surface area contributed by atoms with Gasteiger partial charge in [0.05, 0.1) is 20.8 Å². The van der Waals surface area contributed by atoms with Gasteiger partial charge in [0.2, 0.25) is 0 Å². The fourth-order valence-electron chi connectivity index (χ4n) is 2.45. The monoisotopic (exact) mass is 464 g/mol. The predicted molar refractivity (Wildman–Crippen MR) is 115 cm³/mol. The van der Waals surface area contributed by atoms with Gasteiger partial charge < -0.3 is 25.4 Å². The first kappa shape index (κ1) is 23.8. The molecule has 144 valence electrons. The lowest BCUT2D eigenvalue weighted by Gasteiger charge is -2.26. The SMILES string of the molecule is COc1ccc(CN=C(N)NCC(CC(C)C)N(C)C)cc1OC.I. The average Bonchev–Trinajstić information content (AvgIpc) is 2.55. The van der Waals surface area contributed by atoms with Crippen molar-refractivity contribution in [3.8, 4) is 11.5 Å². The molecule has 0 aliphatic heterocycles. The van der Waals surface area contributed by atoms with E-state index >= 15 is 0 Å². The molecule has 0 amide bonds. The van der Waals surface area contributed by atoms with Crippen LogP contribution in [0.5, 0.6) is 11.5 Å². The lowest BCUT2D eigenvalue weighted by Crippen LogP contribution is -2.43. The van der Waals surface area contributed by atoms with E-state index in [0.717, 1.165) is 18.5 Å². The summed E-state index contributed by atoms with van der Waals surface area (Å²) < 4.78 is 10.5. The molecule has 0 bridgehead atoms. The first-order chi connectivity index (χ1) is 11.4. The number of guanidine groups is 1. The van der Waals surface area contributed by atoms with Crippen molar-refractivity contribution in [3.05, 3.63) is 23.8 Å². The summed E-state index contributed by atoms with van der Waals surface area (Å²) in [5.41, 5.74) is 7.01. The van der Waals surface area contributed by atoms with Crippen LogP contribution in [0.15, 0.2) is 23.2 Å². The minimum atomic E-state index is 0. The molecule has 1 aromatic carbocycles. The standard InChI is InChI=1S/C18H32N4O2.HI/c1-13(2)9-15(22(3)4)12-21-18(19)20-11-14-7-8-16(23-5)17(10-14)24-6;/h7-8,10,13,15H,9,11-12H2,1-6H3,(H3,19,20,21);1H. The van der Waals surface area contributed by atoms with Crippen LogP contribution in [0.4, 0.5) is 0 Å². The molecule has 0 heterocycles. The Morgan fingerprint density at radius 3 is 2.36 bits per heavy atom. The van der Waals surface area contributed by atoms with Crippen LogP contribution in [0.3, 0.4) is 0 Å². The van der Waals surface area contributed by atoms with Crippen LogP contribution >= 0.6 is 24.0 Å². The number of ether oxygens (including phenoxy) is 2. The summed E-state index contributed by atoms with van der Waals surface area (Å²) in [7, 11) is 7.42. The van der Waals surface area contributed by atoms with Crippen molar-refractivity contribution in [1.29, 1.82) is 0 Å². The molecule has 7 heteroatoms. The van der Waals surface area contributed by atoms with E-state index in [2.05, 4.69) is 43.2 Å². The van der Waals surface area contributed by atoms with E-state index in [0.29, 0.717) is 36.0 Å². The van der Waals surface area contributed by atoms with E-state index in [-0.39, 0.29) is 24.0 Å². The van der Waals surface area contributed by atoms with Gasteiger partial charge in [-0.15, -0.1) is 24.0 Å². The van der Waals surface area contributed by atoms with Crippen LogP contribution in [0.2, 0.25) is 0 Å². The maximum atomic E-state index is 5.99. The molecule has 0 aliphatic carbocycles. The number of nitrogens with two attached hydrogens (primary N) is 1. The van der Waals surface area contributed by atoms with Gasteiger partial charge >= 0.3 is 0 Å².